The van der Waals surface area contributed by atoms with Crippen LogP contribution in [0.15, 0.2) is 12.7 Å². The van der Waals surface area contributed by atoms with Gasteiger partial charge in [0.15, 0.2) is 4.77 Å². The molecule has 1 aromatic heterocycles. The third-order valence-corrected chi connectivity index (χ3v) is 3.47. The number of aromatic nitrogens is 3. The maximum Gasteiger partial charge on any atom is 0.199 e. The third-order valence-electron chi connectivity index (χ3n) is 2.66. The zero-order valence-electron chi connectivity index (χ0n) is 8.26. The molecule has 1 saturated heterocycles. The van der Waals surface area contributed by atoms with Crippen molar-refractivity contribution in [3.8, 4) is 0 Å². The largest absolute Gasteiger partial charge is 0.322 e. The summed E-state index contributed by atoms with van der Waals surface area (Å²) in [7, 11) is 0. The second kappa shape index (κ2) is 5.05. The summed E-state index contributed by atoms with van der Waals surface area (Å²) in [5.41, 5.74) is 0. The summed E-state index contributed by atoms with van der Waals surface area (Å²) in [6.45, 7) is 0. The van der Waals surface area contributed by atoms with Crippen LogP contribution in [0.1, 0.15) is 19.3 Å². The number of rotatable bonds is 0. The van der Waals surface area contributed by atoms with Crippen molar-refractivity contribution in [2.24, 2.45) is 0 Å². The first kappa shape index (κ1) is 11.0. The maximum absolute atomic E-state index is 4.61. The highest BCUT2D eigenvalue weighted by Gasteiger charge is 2.42. The van der Waals surface area contributed by atoms with Crippen LogP contribution in [0.5, 0.6) is 0 Å². The van der Waals surface area contributed by atoms with E-state index in [0.29, 0.717) is 10.0 Å². The Labute approximate surface area is 99.3 Å². The molecule has 82 valence electrons. The predicted octanol–water partition coefficient (Wildman–Crippen LogP) is 1.34. The Morgan fingerprint density at radius 1 is 1.47 bits per heavy atom. The first-order valence-electron chi connectivity index (χ1n) is 5.06. The van der Waals surface area contributed by atoms with E-state index in [1.165, 1.54) is 31.9 Å². The summed E-state index contributed by atoms with van der Waals surface area (Å²) in [6, 6.07) is 1.64. The van der Waals surface area contributed by atoms with Crippen molar-refractivity contribution in [1.29, 1.82) is 0 Å². The van der Waals surface area contributed by atoms with Gasteiger partial charge in [-0.15, -0.1) is 0 Å². The highest BCUT2D eigenvalue weighted by atomic mass is 32.1. The molecule has 0 bridgehead atoms. The fourth-order valence-electron chi connectivity index (χ4n) is 1.81. The molecule has 0 aromatic carbocycles. The highest BCUT2D eigenvalue weighted by molar-refractivity contribution is 7.81. The monoisotopic (exact) mass is 242 g/mol. The number of aromatic amines is 1. The zero-order chi connectivity index (χ0) is 10.7. The van der Waals surface area contributed by atoms with Crippen LogP contribution in [0.3, 0.4) is 0 Å². The van der Waals surface area contributed by atoms with Crippen LogP contribution in [0.2, 0.25) is 0 Å². The van der Waals surface area contributed by atoms with Crippen molar-refractivity contribution in [2.75, 3.05) is 0 Å². The van der Waals surface area contributed by atoms with E-state index in [1.54, 1.807) is 0 Å². The number of fused-ring (bicyclic) bond motifs is 1. The summed E-state index contributed by atoms with van der Waals surface area (Å²) in [4.78, 5) is 9.86. The molecule has 2 aliphatic rings. The Hall–Kier alpha value is -0.460. The summed E-state index contributed by atoms with van der Waals surface area (Å²) < 4.78 is 0.468. The Kier molecular flexibility index (Phi) is 3.71. The molecular weight excluding hydrogens is 228 g/mol. The minimum absolute atomic E-state index is 0.468. The van der Waals surface area contributed by atoms with E-state index in [9.17, 15) is 0 Å². The smallest absolute Gasteiger partial charge is 0.199 e. The molecule has 3 unspecified atom stereocenters. The summed E-state index contributed by atoms with van der Waals surface area (Å²) >= 11 is 9.04. The van der Waals surface area contributed by atoms with Gasteiger partial charge in [-0.2, -0.15) is 12.6 Å². The standard InChI is InChI=1S/C6H11NS.C3H3N3S/c8-5-3-1-2-4-6(5)7-4;7-3-5-1-4-2-6-3/h4-8H,1-3H2;1-2H,(H,4,5,6,7). The fraction of sp³-hybridized carbons (Fsp3) is 0.667. The molecule has 0 spiro atoms. The van der Waals surface area contributed by atoms with E-state index in [4.69, 9.17) is 0 Å². The van der Waals surface area contributed by atoms with Gasteiger partial charge in [-0.05, 0) is 25.1 Å². The van der Waals surface area contributed by atoms with Crippen molar-refractivity contribution in [2.45, 2.75) is 36.6 Å². The molecule has 3 rings (SSSR count). The topological polar surface area (TPSA) is 63.5 Å². The number of nitrogens with zero attached hydrogens (tertiary/aromatic N) is 2. The second-order valence-corrected chi connectivity index (χ2v) is 4.82. The van der Waals surface area contributed by atoms with E-state index < -0.39 is 0 Å². The molecule has 3 atom stereocenters. The molecule has 6 heteroatoms. The Bertz CT molecular complexity index is 350. The van der Waals surface area contributed by atoms with Gasteiger partial charge in [0, 0.05) is 17.3 Å². The number of nitrogens with one attached hydrogen (secondary N) is 2. The van der Waals surface area contributed by atoms with Gasteiger partial charge in [0.2, 0.25) is 0 Å². The lowest BCUT2D eigenvalue weighted by atomic mass is 10.0. The van der Waals surface area contributed by atoms with Crippen LogP contribution < -0.4 is 5.32 Å². The third kappa shape index (κ3) is 3.25. The Morgan fingerprint density at radius 2 is 2.33 bits per heavy atom. The first-order chi connectivity index (χ1) is 7.27. The molecule has 1 aromatic rings. The first-order valence-corrected chi connectivity index (χ1v) is 5.98. The minimum Gasteiger partial charge on any atom is -0.322 e. The molecule has 1 aliphatic heterocycles. The average molecular weight is 242 g/mol. The van der Waals surface area contributed by atoms with Crippen molar-refractivity contribution in [1.82, 2.24) is 20.3 Å². The molecule has 1 saturated carbocycles. The number of thiol groups is 1. The Balaban J connectivity index is 0.000000115. The molecule has 0 amide bonds. The minimum atomic E-state index is 0.468. The van der Waals surface area contributed by atoms with Gasteiger partial charge < -0.3 is 10.3 Å². The lowest BCUT2D eigenvalue weighted by Gasteiger charge is -2.12. The molecule has 2 N–H and O–H groups in total. The van der Waals surface area contributed by atoms with E-state index in [1.807, 2.05) is 0 Å². The highest BCUT2D eigenvalue weighted by Crippen LogP contribution is 2.31. The van der Waals surface area contributed by atoms with Gasteiger partial charge in [0.1, 0.15) is 6.33 Å². The van der Waals surface area contributed by atoms with Crippen molar-refractivity contribution < 1.29 is 0 Å². The number of H-pyrrole nitrogens is 1. The van der Waals surface area contributed by atoms with Crippen LogP contribution >= 0.6 is 24.8 Å². The molecule has 15 heavy (non-hydrogen) atoms. The number of hydrogen-bond acceptors (Lipinski definition) is 5. The molecule has 2 heterocycles. The second-order valence-electron chi connectivity index (χ2n) is 3.77. The zero-order valence-corrected chi connectivity index (χ0v) is 9.97. The van der Waals surface area contributed by atoms with Gasteiger partial charge >= 0.3 is 0 Å². The lowest BCUT2D eigenvalue weighted by Crippen LogP contribution is -2.15. The van der Waals surface area contributed by atoms with Gasteiger partial charge in [-0.1, -0.05) is 6.42 Å². The van der Waals surface area contributed by atoms with Crippen molar-refractivity contribution in [3.05, 3.63) is 17.4 Å². The van der Waals surface area contributed by atoms with Gasteiger partial charge in [0.25, 0.3) is 0 Å². The van der Waals surface area contributed by atoms with Gasteiger partial charge in [0.05, 0.1) is 6.33 Å². The fourth-order valence-corrected chi connectivity index (χ4v) is 2.39. The van der Waals surface area contributed by atoms with Crippen LogP contribution in [0.25, 0.3) is 0 Å². The molecule has 4 nitrogen and oxygen atoms in total. The van der Waals surface area contributed by atoms with Crippen LogP contribution in [-0.4, -0.2) is 32.3 Å². The van der Waals surface area contributed by atoms with Crippen LogP contribution in [0, 0.1) is 4.77 Å². The van der Waals surface area contributed by atoms with E-state index >= 15 is 0 Å². The van der Waals surface area contributed by atoms with E-state index in [0.717, 1.165) is 12.1 Å². The van der Waals surface area contributed by atoms with Crippen molar-refractivity contribution >= 4 is 24.8 Å². The van der Waals surface area contributed by atoms with Crippen LogP contribution in [-0.2, 0) is 0 Å². The summed E-state index contributed by atoms with van der Waals surface area (Å²) in [5.74, 6) is 0. The molecule has 2 fully saturated rings. The maximum atomic E-state index is 4.61. The average Bonchev–Trinajstić information content (AvgIpc) is 3.00. The summed E-state index contributed by atoms with van der Waals surface area (Å²) in [5, 5.41) is 4.06. The molecular formula is C9H14N4S2. The normalized spacial score (nSPS) is 32.2. The Morgan fingerprint density at radius 3 is 2.80 bits per heavy atom. The molecule has 1 aliphatic carbocycles. The van der Waals surface area contributed by atoms with Crippen molar-refractivity contribution in [3.63, 3.8) is 0 Å². The summed E-state index contributed by atoms with van der Waals surface area (Å²) in [6.07, 6.45) is 6.98. The van der Waals surface area contributed by atoms with E-state index in [-0.39, 0.29) is 0 Å². The SMILES string of the molecule is S=c1ncnc[nH]1.SC1CCCC2NC12. The van der Waals surface area contributed by atoms with E-state index in [2.05, 4.69) is 45.1 Å². The quantitative estimate of drug-likeness (QED) is 0.365. The van der Waals surface area contributed by atoms with Gasteiger partial charge in [-0.3, -0.25) is 0 Å². The molecule has 0 radical (unpaired) electrons. The predicted molar refractivity (Wildman–Crippen MR) is 64.6 cm³/mol. The lowest BCUT2D eigenvalue weighted by molar-refractivity contribution is 0.585. The number of hydrogen-bond donors (Lipinski definition) is 3. The van der Waals surface area contributed by atoms with Gasteiger partial charge in [-0.25, -0.2) is 9.97 Å². The van der Waals surface area contributed by atoms with Crippen LogP contribution in [0.4, 0.5) is 0 Å².